The predicted octanol–water partition coefficient (Wildman–Crippen LogP) is 3.97. The minimum atomic E-state index is -0.415. The lowest BCUT2D eigenvalue weighted by Crippen LogP contribution is -2.31. The molecule has 148 valence electrons. The van der Waals surface area contributed by atoms with Crippen molar-refractivity contribution in [1.29, 1.82) is 0 Å². The number of aryl methyl sites for hydroxylation is 1. The number of rotatable bonds is 3. The van der Waals surface area contributed by atoms with Gasteiger partial charge in [0.25, 0.3) is 5.56 Å². The molecule has 0 spiro atoms. The highest BCUT2D eigenvalue weighted by Gasteiger charge is 2.24. The van der Waals surface area contributed by atoms with Crippen molar-refractivity contribution in [3.8, 4) is 11.1 Å². The van der Waals surface area contributed by atoms with Gasteiger partial charge in [-0.1, -0.05) is 17.7 Å². The number of carbonyl (C=O) groups is 1. The number of fused-ring (bicyclic) bond motifs is 1. The molecule has 1 amide bonds. The number of carbonyl (C=O) groups excluding carboxylic acids is 1. The molecule has 0 saturated carbocycles. The Balaban J connectivity index is 1.79. The number of anilines is 1. The minimum Gasteiger partial charge on any atom is -0.315 e. The molecule has 7 heteroatoms. The largest absolute Gasteiger partial charge is 0.315 e. The first-order valence-corrected chi connectivity index (χ1v) is 9.63. The molecule has 3 aromatic rings. The molecule has 0 bridgehead atoms. The molecule has 0 atom stereocenters. The van der Waals surface area contributed by atoms with Crippen molar-refractivity contribution in [2.75, 3.05) is 11.9 Å². The van der Waals surface area contributed by atoms with E-state index < -0.39 is 5.82 Å². The molecule has 0 fully saturated rings. The number of amides is 1. The van der Waals surface area contributed by atoms with Gasteiger partial charge in [-0.2, -0.15) is 0 Å². The van der Waals surface area contributed by atoms with Crippen molar-refractivity contribution in [1.82, 2.24) is 9.55 Å². The fourth-order valence-electron chi connectivity index (χ4n) is 3.69. The zero-order chi connectivity index (χ0) is 20.7. The summed E-state index contributed by atoms with van der Waals surface area (Å²) in [5, 5.41) is 0.329. The molecule has 1 aromatic carbocycles. The summed E-state index contributed by atoms with van der Waals surface area (Å²) in [6.07, 6.45) is 4.27. The lowest BCUT2D eigenvalue weighted by atomic mass is 9.93. The third kappa shape index (κ3) is 3.44. The third-order valence-electron chi connectivity index (χ3n) is 5.45. The van der Waals surface area contributed by atoms with E-state index in [2.05, 4.69) is 4.98 Å². The third-order valence-corrected chi connectivity index (χ3v) is 5.78. The lowest BCUT2D eigenvalue weighted by Gasteiger charge is -2.26. The predicted molar refractivity (Wildman–Crippen MR) is 111 cm³/mol. The van der Waals surface area contributed by atoms with Gasteiger partial charge in [0.2, 0.25) is 5.91 Å². The summed E-state index contributed by atoms with van der Waals surface area (Å²) >= 11 is 6.17. The second-order valence-corrected chi connectivity index (χ2v) is 7.54. The highest BCUT2D eigenvalue weighted by Crippen LogP contribution is 2.35. The van der Waals surface area contributed by atoms with Crippen LogP contribution in [0.1, 0.15) is 23.1 Å². The molecule has 4 rings (SSSR count). The van der Waals surface area contributed by atoms with Crippen molar-refractivity contribution < 1.29 is 9.18 Å². The Labute approximate surface area is 172 Å². The number of hydrogen-bond acceptors (Lipinski definition) is 3. The smallest absolute Gasteiger partial charge is 0.251 e. The van der Waals surface area contributed by atoms with Crippen molar-refractivity contribution in [3.63, 3.8) is 0 Å². The van der Waals surface area contributed by atoms with Crippen molar-refractivity contribution in [2.45, 2.75) is 26.3 Å². The molecule has 1 aliphatic rings. The summed E-state index contributed by atoms with van der Waals surface area (Å²) in [4.78, 5) is 29.8. The van der Waals surface area contributed by atoms with Gasteiger partial charge < -0.3 is 4.90 Å². The quantitative estimate of drug-likeness (QED) is 0.613. The highest BCUT2D eigenvalue weighted by molar-refractivity contribution is 6.29. The molecule has 1 aliphatic heterocycles. The minimum absolute atomic E-state index is 0.0188. The van der Waals surface area contributed by atoms with E-state index in [4.69, 9.17) is 11.6 Å². The van der Waals surface area contributed by atoms with Crippen LogP contribution in [0, 0.1) is 12.7 Å². The van der Waals surface area contributed by atoms with Crippen LogP contribution in [0.3, 0.4) is 0 Å². The van der Waals surface area contributed by atoms with Crippen LogP contribution in [0.5, 0.6) is 0 Å². The average molecular weight is 412 g/mol. The molecule has 2 aromatic heterocycles. The second kappa shape index (κ2) is 7.44. The zero-order valence-electron chi connectivity index (χ0n) is 16.1. The Morgan fingerprint density at radius 3 is 2.69 bits per heavy atom. The van der Waals surface area contributed by atoms with Crippen LogP contribution in [-0.2, 0) is 17.8 Å². The van der Waals surface area contributed by atoms with E-state index in [-0.39, 0.29) is 18.0 Å². The van der Waals surface area contributed by atoms with Crippen LogP contribution in [-0.4, -0.2) is 22.5 Å². The van der Waals surface area contributed by atoms with Crippen LogP contribution in [0.15, 0.2) is 47.5 Å². The molecule has 29 heavy (non-hydrogen) atoms. The van der Waals surface area contributed by atoms with Gasteiger partial charge >= 0.3 is 0 Å². The molecule has 0 radical (unpaired) electrons. The van der Waals surface area contributed by atoms with Gasteiger partial charge in [0, 0.05) is 48.7 Å². The van der Waals surface area contributed by atoms with Gasteiger partial charge in [-0.25, -0.2) is 4.39 Å². The van der Waals surface area contributed by atoms with Crippen LogP contribution < -0.4 is 10.5 Å². The molecular formula is C22H19ClFN3O2. The van der Waals surface area contributed by atoms with Gasteiger partial charge in [0.15, 0.2) is 0 Å². The van der Waals surface area contributed by atoms with E-state index in [0.29, 0.717) is 34.8 Å². The Morgan fingerprint density at radius 2 is 1.93 bits per heavy atom. The van der Waals surface area contributed by atoms with Gasteiger partial charge in [0.05, 0.1) is 6.54 Å². The standard InChI is InChI=1S/C22H19ClFN3O2/c1-13-15(12-27-20(23)4-3-5-22(27)29)10-25-11-17(13)16-8-14-6-7-21(28)26(2)19(14)9-18(16)24/h3-5,8-11H,6-7,12H2,1-2H3. The normalized spacial score (nSPS) is 13.5. The molecular weight excluding hydrogens is 393 g/mol. The molecule has 0 unspecified atom stereocenters. The van der Waals surface area contributed by atoms with Gasteiger partial charge in [-0.05, 0) is 48.2 Å². The molecule has 3 heterocycles. The summed E-state index contributed by atoms with van der Waals surface area (Å²) in [6.45, 7) is 2.12. The topological polar surface area (TPSA) is 55.2 Å². The molecule has 0 saturated heterocycles. The first-order chi connectivity index (χ1) is 13.9. The summed E-state index contributed by atoms with van der Waals surface area (Å²) < 4.78 is 16.4. The molecule has 0 aliphatic carbocycles. The number of halogens is 2. The van der Waals surface area contributed by atoms with Gasteiger partial charge in [-0.3, -0.25) is 19.1 Å². The summed E-state index contributed by atoms with van der Waals surface area (Å²) in [7, 11) is 1.66. The number of aromatic nitrogens is 2. The Morgan fingerprint density at radius 1 is 1.14 bits per heavy atom. The molecule has 0 N–H and O–H groups in total. The van der Waals surface area contributed by atoms with E-state index in [0.717, 1.165) is 16.7 Å². The van der Waals surface area contributed by atoms with Gasteiger partial charge in [0.1, 0.15) is 11.0 Å². The maximum atomic E-state index is 15.0. The van der Waals surface area contributed by atoms with Crippen molar-refractivity contribution in [3.05, 3.63) is 80.7 Å². The monoisotopic (exact) mass is 411 g/mol. The average Bonchev–Trinajstić information content (AvgIpc) is 2.69. The molecule has 5 nitrogen and oxygen atoms in total. The Bertz CT molecular complexity index is 1190. The van der Waals surface area contributed by atoms with E-state index in [1.165, 1.54) is 21.6 Å². The summed E-state index contributed by atoms with van der Waals surface area (Å²) in [5.74, 6) is -0.433. The second-order valence-electron chi connectivity index (χ2n) is 7.16. The number of pyridine rings is 2. The fourth-order valence-corrected chi connectivity index (χ4v) is 3.90. The lowest BCUT2D eigenvalue weighted by molar-refractivity contribution is -0.118. The van der Waals surface area contributed by atoms with Crippen molar-refractivity contribution in [2.24, 2.45) is 0 Å². The van der Waals surface area contributed by atoms with Crippen LogP contribution >= 0.6 is 11.6 Å². The highest BCUT2D eigenvalue weighted by atomic mass is 35.5. The maximum absolute atomic E-state index is 15.0. The zero-order valence-corrected chi connectivity index (χ0v) is 16.8. The summed E-state index contributed by atoms with van der Waals surface area (Å²) in [5.41, 5.74) is 4.01. The van der Waals surface area contributed by atoms with Gasteiger partial charge in [-0.15, -0.1) is 0 Å². The van der Waals surface area contributed by atoms with E-state index in [9.17, 15) is 14.0 Å². The van der Waals surface area contributed by atoms with E-state index in [1.807, 2.05) is 6.92 Å². The number of hydrogen-bond donors (Lipinski definition) is 0. The number of nitrogens with zero attached hydrogens (tertiary/aromatic N) is 3. The SMILES string of the molecule is Cc1c(Cn2c(Cl)cccc2=O)cncc1-c1cc2c(cc1F)N(C)C(=O)CC2. The summed E-state index contributed by atoms with van der Waals surface area (Å²) in [6, 6.07) is 7.90. The number of benzene rings is 1. The van der Waals surface area contributed by atoms with Crippen LogP contribution in [0.25, 0.3) is 11.1 Å². The fraction of sp³-hybridized carbons (Fsp3) is 0.227. The first-order valence-electron chi connectivity index (χ1n) is 9.25. The Hall–Kier alpha value is -2.99. The maximum Gasteiger partial charge on any atom is 0.251 e. The van der Waals surface area contributed by atoms with Crippen LogP contribution in [0.4, 0.5) is 10.1 Å². The first kappa shape index (κ1) is 19.3. The van der Waals surface area contributed by atoms with Crippen LogP contribution in [0.2, 0.25) is 5.15 Å². The van der Waals surface area contributed by atoms with Crippen molar-refractivity contribution >= 4 is 23.2 Å². The van der Waals surface area contributed by atoms with E-state index in [1.54, 1.807) is 37.6 Å². The Kier molecular flexibility index (Phi) is 4.96. The van der Waals surface area contributed by atoms with E-state index >= 15 is 0 Å².